The van der Waals surface area contributed by atoms with Crippen LogP contribution in [0.2, 0.25) is 0 Å². The third kappa shape index (κ3) is 3.66. The van der Waals surface area contributed by atoms with Gasteiger partial charge in [0.05, 0.1) is 12.5 Å². The number of carbonyl (C=O) groups excluding carboxylic acids is 1. The van der Waals surface area contributed by atoms with Crippen LogP contribution in [0.5, 0.6) is 0 Å². The Kier molecular flexibility index (Phi) is 5.13. The molecule has 0 rings (SSSR count). The zero-order valence-corrected chi connectivity index (χ0v) is 10.3. The topological polar surface area (TPSA) is 29.5 Å². The number of rotatable bonds is 5. The Morgan fingerprint density at radius 1 is 1.43 bits per heavy atom. The van der Waals surface area contributed by atoms with Gasteiger partial charge in [-0.1, -0.05) is 6.92 Å². The van der Waals surface area contributed by atoms with E-state index in [1.54, 1.807) is 0 Å². The molecule has 0 aliphatic rings. The fourth-order valence-corrected chi connectivity index (χ4v) is 1.51. The molecular formula is C11H23NO2. The Morgan fingerprint density at radius 3 is 2.21 bits per heavy atom. The highest BCUT2D eigenvalue weighted by Gasteiger charge is 2.31. The van der Waals surface area contributed by atoms with Gasteiger partial charge in [-0.05, 0) is 34.2 Å². The van der Waals surface area contributed by atoms with Crippen molar-refractivity contribution in [2.45, 2.75) is 40.7 Å². The lowest BCUT2D eigenvalue weighted by molar-refractivity contribution is -0.152. The van der Waals surface area contributed by atoms with Crippen molar-refractivity contribution in [1.29, 1.82) is 0 Å². The van der Waals surface area contributed by atoms with Crippen molar-refractivity contribution >= 4 is 5.97 Å². The van der Waals surface area contributed by atoms with Gasteiger partial charge in [0.25, 0.3) is 0 Å². The zero-order valence-electron chi connectivity index (χ0n) is 10.3. The van der Waals surface area contributed by atoms with Crippen molar-refractivity contribution in [3.05, 3.63) is 0 Å². The van der Waals surface area contributed by atoms with Gasteiger partial charge in [0.1, 0.15) is 0 Å². The summed E-state index contributed by atoms with van der Waals surface area (Å²) in [5, 5.41) is 0. The van der Waals surface area contributed by atoms with Crippen LogP contribution in [-0.4, -0.2) is 37.1 Å². The summed E-state index contributed by atoms with van der Waals surface area (Å²) in [5.41, 5.74) is -0.422. The first-order valence-corrected chi connectivity index (χ1v) is 5.17. The molecule has 0 amide bonds. The monoisotopic (exact) mass is 201 g/mol. The minimum Gasteiger partial charge on any atom is -0.469 e. The summed E-state index contributed by atoms with van der Waals surface area (Å²) < 4.78 is 4.77. The number of methoxy groups -OCH3 is 1. The number of hydrogen-bond donors (Lipinski definition) is 0. The van der Waals surface area contributed by atoms with E-state index in [0.29, 0.717) is 6.04 Å². The second kappa shape index (κ2) is 5.35. The smallest absolute Gasteiger partial charge is 0.312 e. The standard InChI is InChI=1S/C11H23NO2/c1-7-12(9(2)3)8-11(4,5)10(13)14-6/h9H,7-8H2,1-6H3. The molecule has 84 valence electrons. The lowest BCUT2D eigenvalue weighted by Crippen LogP contribution is -2.42. The highest BCUT2D eigenvalue weighted by molar-refractivity contribution is 5.76. The second-order valence-corrected chi connectivity index (χ2v) is 4.53. The molecule has 0 saturated carbocycles. The van der Waals surface area contributed by atoms with Gasteiger partial charge in [0.2, 0.25) is 0 Å². The van der Waals surface area contributed by atoms with Gasteiger partial charge in [-0.2, -0.15) is 0 Å². The molecule has 0 saturated heterocycles. The van der Waals surface area contributed by atoms with E-state index in [0.717, 1.165) is 13.1 Å². The predicted octanol–water partition coefficient (Wildman–Crippen LogP) is 1.92. The van der Waals surface area contributed by atoms with Gasteiger partial charge < -0.3 is 9.64 Å². The molecule has 3 heteroatoms. The first-order chi connectivity index (χ1) is 6.35. The van der Waals surface area contributed by atoms with E-state index in [9.17, 15) is 4.79 Å². The summed E-state index contributed by atoms with van der Waals surface area (Å²) in [5.74, 6) is -0.142. The van der Waals surface area contributed by atoms with Crippen LogP contribution in [0.15, 0.2) is 0 Å². The normalized spacial score (nSPS) is 12.3. The Labute approximate surface area is 87.4 Å². The average molecular weight is 201 g/mol. The molecule has 14 heavy (non-hydrogen) atoms. The average Bonchev–Trinajstić information content (AvgIpc) is 2.12. The Hall–Kier alpha value is -0.570. The van der Waals surface area contributed by atoms with Crippen LogP contribution in [0.25, 0.3) is 0 Å². The van der Waals surface area contributed by atoms with Crippen LogP contribution < -0.4 is 0 Å². The predicted molar refractivity (Wildman–Crippen MR) is 58.2 cm³/mol. The van der Waals surface area contributed by atoms with Crippen molar-refractivity contribution in [3.8, 4) is 0 Å². The van der Waals surface area contributed by atoms with E-state index >= 15 is 0 Å². The van der Waals surface area contributed by atoms with Crippen LogP contribution in [-0.2, 0) is 9.53 Å². The summed E-state index contributed by atoms with van der Waals surface area (Å²) in [4.78, 5) is 13.7. The Balaban J connectivity index is 4.39. The van der Waals surface area contributed by atoms with Crippen LogP contribution in [0.3, 0.4) is 0 Å². The van der Waals surface area contributed by atoms with Gasteiger partial charge in [0.15, 0.2) is 0 Å². The van der Waals surface area contributed by atoms with Gasteiger partial charge in [-0.3, -0.25) is 4.79 Å². The summed E-state index contributed by atoms with van der Waals surface area (Å²) in [6.45, 7) is 11.9. The second-order valence-electron chi connectivity index (χ2n) is 4.53. The highest BCUT2D eigenvalue weighted by atomic mass is 16.5. The van der Waals surface area contributed by atoms with E-state index in [-0.39, 0.29) is 5.97 Å². The SMILES string of the molecule is CCN(CC(C)(C)C(=O)OC)C(C)C. The van der Waals surface area contributed by atoms with E-state index in [2.05, 4.69) is 25.7 Å². The molecule has 0 fully saturated rings. The van der Waals surface area contributed by atoms with Crippen LogP contribution in [0.4, 0.5) is 0 Å². The quantitative estimate of drug-likeness (QED) is 0.636. The van der Waals surface area contributed by atoms with Crippen molar-refractivity contribution in [2.75, 3.05) is 20.2 Å². The maximum absolute atomic E-state index is 11.5. The molecule has 0 N–H and O–H groups in total. The largest absolute Gasteiger partial charge is 0.469 e. The maximum Gasteiger partial charge on any atom is 0.312 e. The molecular weight excluding hydrogens is 178 g/mol. The Morgan fingerprint density at radius 2 is 1.93 bits per heavy atom. The molecule has 0 atom stereocenters. The lowest BCUT2D eigenvalue weighted by Gasteiger charge is -2.32. The van der Waals surface area contributed by atoms with Crippen LogP contribution in [0.1, 0.15) is 34.6 Å². The van der Waals surface area contributed by atoms with Crippen molar-refractivity contribution < 1.29 is 9.53 Å². The van der Waals surface area contributed by atoms with Gasteiger partial charge in [-0.15, -0.1) is 0 Å². The van der Waals surface area contributed by atoms with Crippen molar-refractivity contribution in [1.82, 2.24) is 4.90 Å². The fraction of sp³-hybridized carbons (Fsp3) is 0.909. The Bertz CT molecular complexity index is 188. The number of ether oxygens (including phenoxy) is 1. The van der Waals surface area contributed by atoms with Crippen molar-refractivity contribution in [2.24, 2.45) is 5.41 Å². The van der Waals surface area contributed by atoms with Crippen LogP contribution >= 0.6 is 0 Å². The van der Waals surface area contributed by atoms with Crippen LogP contribution in [0, 0.1) is 5.41 Å². The van der Waals surface area contributed by atoms with Gasteiger partial charge in [-0.25, -0.2) is 0 Å². The van der Waals surface area contributed by atoms with Gasteiger partial charge >= 0.3 is 5.97 Å². The molecule has 0 bridgehead atoms. The minimum absolute atomic E-state index is 0.142. The van der Waals surface area contributed by atoms with E-state index in [1.807, 2.05) is 13.8 Å². The summed E-state index contributed by atoms with van der Waals surface area (Å²) >= 11 is 0. The number of nitrogens with zero attached hydrogens (tertiary/aromatic N) is 1. The molecule has 0 aromatic carbocycles. The highest BCUT2D eigenvalue weighted by Crippen LogP contribution is 2.19. The van der Waals surface area contributed by atoms with E-state index < -0.39 is 5.41 Å². The fourth-order valence-electron chi connectivity index (χ4n) is 1.51. The number of esters is 1. The number of hydrogen-bond acceptors (Lipinski definition) is 3. The first-order valence-electron chi connectivity index (χ1n) is 5.17. The summed E-state index contributed by atoms with van der Waals surface area (Å²) in [6.07, 6.45) is 0. The van der Waals surface area contributed by atoms with E-state index in [1.165, 1.54) is 7.11 Å². The van der Waals surface area contributed by atoms with E-state index in [4.69, 9.17) is 4.74 Å². The third-order valence-corrected chi connectivity index (χ3v) is 2.47. The zero-order chi connectivity index (χ0) is 11.4. The van der Waals surface area contributed by atoms with Crippen molar-refractivity contribution in [3.63, 3.8) is 0 Å². The number of carbonyl (C=O) groups is 1. The first kappa shape index (κ1) is 13.4. The molecule has 0 aliphatic carbocycles. The molecule has 0 unspecified atom stereocenters. The summed E-state index contributed by atoms with van der Waals surface area (Å²) in [6, 6.07) is 0.462. The molecule has 0 heterocycles. The summed E-state index contributed by atoms with van der Waals surface area (Å²) in [7, 11) is 1.44. The molecule has 3 nitrogen and oxygen atoms in total. The molecule has 0 spiro atoms. The molecule has 0 radical (unpaired) electrons. The maximum atomic E-state index is 11.5. The minimum atomic E-state index is -0.422. The molecule has 0 aromatic rings. The van der Waals surface area contributed by atoms with Gasteiger partial charge in [0, 0.05) is 12.6 Å². The third-order valence-electron chi connectivity index (χ3n) is 2.47. The molecule has 0 aromatic heterocycles. The lowest BCUT2D eigenvalue weighted by atomic mass is 9.92. The molecule has 0 aliphatic heterocycles.